The normalized spacial score (nSPS) is 10.4. The van der Waals surface area contributed by atoms with E-state index in [1.54, 1.807) is 24.3 Å². The highest BCUT2D eigenvalue weighted by molar-refractivity contribution is 5.67. The number of ether oxygens (including phenoxy) is 2. The number of halogens is 3. The number of aromatic hydroxyl groups is 1. The van der Waals surface area contributed by atoms with Crippen LogP contribution < -0.4 is 10.1 Å². The van der Waals surface area contributed by atoms with Gasteiger partial charge < -0.3 is 19.9 Å². The van der Waals surface area contributed by atoms with E-state index in [4.69, 9.17) is 4.74 Å². The van der Waals surface area contributed by atoms with Gasteiger partial charge in [-0.3, -0.25) is 0 Å². The first-order chi connectivity index (χ1) is 12.3. The Morgan fingerprint density at radius 2 is 1.88 bits per heavy atom. The summed E-state index contributed by atoms with van der Waals surface area (Å²) in [5, 5.41) is 11.7. The van der Waals surface area contributed by atoms with Crippen molar-refractivity contribution in [1.29, 1.82) is 0 Å². The van der Waals surface area contributed by atoms with Crippen LogP contribution in [0.3, 0.4) is 0 Å². The standard InChI is InChI=1S/C18H14F3NO4/c19-18(20,21)26-16-9-8-15(23)11-14(16)7-4-10-22-17(24)25-12-13-5-2-1-3-6-13/h1-3,5-6,8-9,11,23H,10,12H2,(H,22,24). The van der Waals surface area contributed by atoms with E-state index >= 15 is 0 Å². The third-order valence-electron chi connectivity index (χ3n) is 2.95. The van der Waals surface area contributed by atoms with E-state index in [0.29, 0.717) is 0 Å². The molecule has 0 aliphatic heterocycles. The van der Waals surface area contributed by atoms with Crippen molar-refractivity contribution in [3.63, 3.8) is 0 Å². The third kappa shape index (κ3) is 6.65. The second kappa shape index (κ2) is 8.67. The van der Waals surface area contributed by atoms with Gasteiger partial charge in [-0.25, -0.2) is 4.79 Å². The highest BCUT2D eigenvalue weighted by Crippen LogP contribution is 2.28. The minimum absolute atomic E-state index is 0.0796. The molecule has 2 aromatic rings. The lowest BCUT2D eigenvalue weighted by Crippen LogP contribution is -2.24. The Morgan fingerprint density at radius 1 is 1.15 bits per heavy atom. The number of alkyl carbamates (subject to hydrolysis) is 1. The first-order valence-corrected chi connectivity index (χ1v) is 7.36. The Bertz CT molecular complexity index is 811. The molecule has 2 rings (SSSR count). The molecule has 0 atom stereocenters. The third-order valence-corrected chi connectivity index (χ3v) is 2.95. The van der Waals surface area contributed by atoms with Gasteiger partial charge in [-0.2, -0.15) is 0 Å². The first-order valence-electron chi connectivity index (χ1n) is 7.36. The predicted molar refractivity (Wildman–Crippen MR) is 86.3 cm³/mol. The van der Waals surface area contributed by atoms with Gasteiger partial charge in [0.15, 0.2) is 0 Å². The lowest BCUT2D eigenvalue weighted by atomic mass is 10.2. The van der Waals surface area contributed by atoms with Gasteiger partial charge in [0.1, 0.15) is 18.1 Å². The molecule has 0 aromatic heterocycles. The molecular weight excluding hydrogens is 351 g/mol. The fourth-order valence-corrected chi connectivity index (χ4v) is 1.86. The molecule has 2 aromatic carbocycles. The van der Waals surface area contributed by atoms with Crippen molar-refractivity contribution in [2.24, 2.45) is 0 Å². The van der Waals surface area contributed by atoms with Crippen LogP contribution in [0.4, 0.5) is 18.0 Å². The van der Waals surface area contributed by atoms with E-state index < -0.39 is 18.2 Å². The van der Waals surface area contributed by atoms with E-state index in [-0.39, 0.29) is 24.5 Å². The Labute approximate surface area is 147 Å². The molecule has 26 heavy (non-hydrogen) atoms. The van der Waals surface area contributed by atoms with Gasteiger partial charge in [-0.1, -0.05) is 42.2 Å². The maximum Gasteiger partial charge on any atom is 0.573 e. The number of hydrogen-bond donors (Lipinski definition) is 2. The number of rotatable bonds is 4. The van der Waals surface area contributed by atoms with E-state index in [0.717, 1.165) is 23.8 Å². The van der Waals surface area contributed by atoms with E-state index in [1.807, 2.05) is 6.07 Å². The minimum atomic E-state index is -4.88. The summed E-state index contributed by atoms with van der Waals surface area (Å²) in [5.41, 5.74) is 0.643. The number of nitrogens with one attached hydrogen (secondary N) is 1. The second-order valence-electron chi connectivity index (χ2n) is 4.95. The Morgan fingerprint density at radius 3 is 2.58 bits per heavy atom. The van der Waals surface area contributed by atoms with Crippen LogP contribution in [0.1, 0.15) is 11.1 Å². The number of hydrogen-bond acceptors (Lipinski definition) is 4. The predicted octanol–water partition coefficient (Wildman–Crippen LogP) is 3.57. The van der Waals surface area contributed by atoms with Crippen LogP contribution >= 0.6 is 0 Å². The summed E-state index contributed by atoms with van der Waals surface area (Å²) in [6.45, 7) is -0.0784. The smallest absolute Gasteiger partial charge is 0.508 e. The van der Waals surface area contributed by atoms with Crippen LogP contribution in [0, 0.1) is 11.8 Å². The van der Waals surface area contributed by atoms with Gasteiger partial charge >= 0.3 is 12.5 Å². The number of benzene rings is 2. The molecule has 0 heterocycles. The fourth-order valence-electron chi connectivity index (χ4n) is 1.86. The van der Waals surface area contributed by atoms with Crippen molar-refractivity contribution >= 4 is 6.09 Å². The molecule has 0 spiro atoms. The van der Waals surface area contributed by atoms with Crippen LogP contribution in [0.15, 0.2) is 48.5 Å². The van der Waals surface area contributed by atoms with Crippen LogP contribution in [0.2, 0.25) is 0 Å². The van der Waals surface area contributed by atoms with Crippen molar-refractivity contribution < 1.29 is 32.5 Å². The summed E-state index contributed by atoms with van der Waals surface area (Å²) >= 11 is 0. The van der Waals surface area contributed by atoms with Crippen LogP contribution in [0.25, 0.3) is 0 Å². The minimum Gasteiger partial charge on any atom is -0.508 e. The molecule has 0 aliphatic carbocycles. The summed E-state index contributed by atoms with van der Waals surface area (Å²) < 4.78 is 45.8. The van der Waals surface area contributed by atoms with Crippen molar-refractivity contribution in [3.05, 3.63) is 59.7 Å². The number of alkyl halides is 3. The summed E-state index contributed by atoms with van der Waals surface area (Å²) in [4.78, 5) is 11.5. The summed E-state index contributed by atoms with van der Waals surface area (Å²) in [5.74, 6) is 4.05. The molecule has 0 radical (unpaired) electrons. The average molecular weight is 365 g/mol. The summed E-state index contributed by atoms with van der Waals surface area (Å²) in [7, 11) is 0. The van der Waals surface area contributed by atoms with Crippen molar-refractivity contribution in [2.75, 3.05) is 6.54 Å². The van der Waals surface area contributed by atoms with Crippen molar-refractivity contribution in [1.82, 2.24) is 5.32 Å². The SMILES string of the molecule is O=C(NCC#Cc1cc(O)ccc1OC(F)(F)F)OCc1ccccc1. The van der Waals surface area contributed by atoms with E-state index in [9.17, 15) is 23.1 Å². The number of amides is 1. The fraction of sp³-hybridized carbons (Fsp3) is 0.167. The van der Waals surface area contributed by atoms with Gasteiger partial charge in [0.25, 0.3) is 0 Å². The highest BCUT2D eigenvalue weighted by Gasteiger charge is 2.32. The zero-order valence-corrected chi connectivity index (χ0v) is 13.3. The number of carbonyl (C=O) groups is 1. The number of carbonyl (C=O) groups excluding carboxylic acids is 1. The van der Waals surface area contributed by atoms with Crippen LogP contribution in [0.5, 0.6) is 11.5 Å². The highest BCUT2D eigenvalue weighted by atomic mass is 19.4. The van der Waals surface area contributed by atoms with Crippen LogP contribution in [-0.2, 0) is 11.3 Å². The zero-order chi connectivity index (χ0) is 19.0. The lowest BCUT2D eigenvalue weighted by molar-refractivity contribution is -0.274. The topological polar surface area (TPSA) is 67.8 Å². The van der Waals surface area contributed by atoms with Gasteiger partial charge in [0.05, 0.1) is 12.1 Å². The van der Waals surface area contributed by atoms with Gasteiger partial charge in [0, 0.05) is 0 Å². The van der Waals surface area contributed by atoms with E-state index in [2.05, 4.69) is 21.9 Å². The molecule has 0 aliphatic rings. The van der Waals surface area contributed by atoms with Gasteiger partial charge in [-0.15, -0.1) is 13.2 Å². The molecule has 0 fully saturated rings. The molecule has 136 valence electrons. The average Bonchev–Trinajstić information content (AvgIpc) is 2.59. The maximum absolute atomic E-state index is 12.3. The lowest BCUT2D eigenvalue weighted by Gasteiger charge is -2.10. The molecular formula is C18H14F3NO4. The van der Waals surface area contributed by atoms with Gasteiger partial charge in [-0.05, 0) is 23.8 Å². The Balaban J connectivity index is 1.89. The van der Waals surface area contributed by atoms with Gasteiger partial charge in [0.2, 0.25) is 0 Å². The largest absolute Gasteiger partial charge is 0.573 e. The summed E-state index contributed by atoms with van der Waals surface area (Å²) in [6.07, 6.45) is -5.60. The Kier molecular flexibility index (Phi) is 6.33. The number of phenolic OH excluding ortho intramolecular Hbond substituents is 1. The second-order valence-corrected chi connectivity index (χ2v) is 4.95. The van der Waals surface area contributed by atoms with Crippen LogP contribution in [-0.4, -0.2) is 24.1 Å². The molecule has 2 N–H and O–H groups in total. The van der Waals surface area contributed by atoms with Crippen molar-refractivity contribution in [2.45, 2.75) is 13.0 Å². The molecule has 0 unspecified atom stereocenters. The summed E-state index contributed by atoms with van der Waals surface area (Å²) in [6, 6.07) is 12.0. The first kappa shape index (κ1) is 19.0. The molecule has 0 saturated carbocycles. The zero-order valence-electron chi connectivity index (χ0n) is 13.3. The van der Waals surface area contributed by atoms with Crippen molar-refractivity contribution in [3.8, 4) is 23.3 Å². The quantitative estimate of drug-likeness (QED) is 0.813. The molecule has 5 nitrogen and oxygen atoms in total. The number of phenols is 1. The Hall–Kier alpha value is -3.34. The maximum atomic E-state index is 12.3. The molecule has 0 saturated heterocycles. The molecule has 8 heteroatoms. The van der Waals surface area contributed by atoms with E-state index in [1.165, 1.54) is 0 Å². The molecule has 1 amide bonds. The monoisotopic (exact) mass is 365 g/mol. The molecule has 0 bridgehead atoms.